The van der Waals surface area contributed by atoms with E-state index in [0.717, 1.165) is 6.07 Å². The van der Waals surface area contributed by atoms with Crippen LogP contribution in [-0.4, -0.2) is 36.6 Å². The molecule has 0 bridgehead atoms. The molecular weight excluding hydrogens is 413 g/mol. The molecule has 1 saturated heterocycles. The van der Waals surface area contributed by atoms with Gasteiger partial charge in [0.25, 0.3) is 0 Å². The maximum atomic E-state index is 13.3. The van der Waals surface area contributed by atoms with Crippen molar-refractivity contribution in [3.8, 4) is 23.0 Å². The van der Waals surface area contributed by atoms with E-state index in [0.29, 0.717) is 61.9 Å². The minimum Gasteiger partial charge on any atom is -0.486 e. The van der Waals surface area contributed by atoms with E-state index in [9.17, 15) is 13.2 Å². The number of aromatic nitrogens is 2. The molecular formula is C22H19F3N2O4. The van der Waals surface area contributed by atoms with Crippen molar-refractivity contribution in [1.29, 1.82) is 0 Å². The van der Waals surface area contributed by atoms with Crippen LogP contribution >= 0.6 is 0 Å². The number of alkyl halides is 3. The first-order valence-electron chi connectivity index (χ1n) is 9.95. The number of nitrogens with zero attached hydrogens (tertiary/aromatic N) is 2. The first-order valence-corrected chi connectivity index (χ1v) is 9.95. The van der Waals surface area contributed by atoms with Gasteiger partial charge in [-0.05, 0) is 42.7 Å². The number of benzene rings is 2. The van der Waals surface area contributed by atoms with Gasteiger partial charge in [0.05, 0.1) is 11.0 Å². The van der Waals surface area contributed by atoms with Gasteiger partial charge < -0.3 is 18.6 Å². The third-order valence-corrected chi connectivity index (χ3v) is 5.71. The van der Waals surface area contributed by atoms with Crippen LogP contribution in [0.5, 0.6) is 11.5 Å². The van der Waals surface area contributed by atoms with Crippen LogP contribution in [0.25, 0.3) is 11.5 Å². The van der Waals surface area contributed by atoms with Gasteiger partial charge in [0.15, 0.2) is 11.5 Å². The summed E-state index contributed by atoms with van der Waals surface area (Å²) in [5.74, 6) is 1.77. The highest BCUT2D eigenvalue weighted by Crippen LogP contribution is 2.43. The van der Waals surface area contributed by atoms with Gasteiger partial charge in [0, 0.05) is 18.8 Å². The van der Waals surface area contributed by atoms with Gasteiger partial charge in [-0.25, -0.2) is 0 Å². The SMILES string of the molecule is FC(F)(F)c1cccc(C2(c3nnc(-c4ccc5c(c4)OCCO5)o3)CCOCC2)c1. The molecule has 0 saturated carbocycles. The third kappa shape index (κ3) is 3.63. The summed E-state index contributed by atoms with van der Waals surface area (Å²) in [5.41, 5.74) is -0.418. The average molecular weight is 432 g/mol. The molecule has 0 N–H and O–H groups in total. The Hall–Kier alpha value is -3.07. The number of hydrogen-bond acceptors (Lipinski definition) is 6. The molecule has 9 heteroatoms. The fourth-order valence-corrected chi connectivity index (χ4v) is 4.05. The van der Waals surface area contributed by atoms with E-state index in [2.05, 4.69) is 10.2 Å². The zero-order valence-corrected chi connectivity index (χ0v) is 16.4. The lowest BCUT2D eigenvalue weighted by Crippen LogP contribution is -2.35. The van der Waals surface area contributed by atoms with Crippen molar-refractivity contribution in [2.75, 3.05) is 26.4 Å². The molecule has 2 aliphatic heterocycles. The molecule has 0 atom stereocenters. The Morgan fingerprint density at radius 3 is 2.39 bits per heavy atom. The molecule has 31 heavy (non-hydrogen) atoms. The molecule has 1 aromatic heterocycles. The van der Waals surface area contributed by atoms with Crippen molar-refractivity contribution in [1.82, 2.24) is 10.2 Å². The summed E-state index contributed by atoms with van der Waals surface area (Å²) in [6.45, 7) is 1.71. The lowest BCUT2D eigenvalue weighted by atomic mass is 9.73. The third-order valence-electron chi connectivity index (χ3n) is 5.71. The molecule has 0 radical (unpaired) electrons. The van der Waals surface area contributed by atoms with Crippen molar-refractivity contribution in [2.24, 2.45) is 0 Å². The van der Waals surface area contributed by atoms with Crippen LogP contribution in [0, 0.1) is 0 Å². The van der Waals surface area contributed by atoms with Crippen LogP contribution in [0.4, 0.5) is 13.2 Å². The highest BCUT2D eigenvalue weighted by molar-refractivity contribution is 5.60. The van der Waals surface area contributed by atoms with Crippen LogP contribution in [0.3, 0.4) is 0 Å². The maximum absolute atomic E-state index is 13.3. The van der Waals surface area contributed by atoms with Gasteiger partial charge >= 0.3 is 6.18 Å². The first kappa shape index (κ1) is 19.9. The van der Waals surface area contributed by atoms with E-state index < -0.39 is 17.2 Å². The number of rotatable bonds is 3. The predicted molar refractivity (Wildman–Crippen MR) is 103 cm³/mol. The summed E-state index contributed by atoms with van der Waals surface area (Å²) < 4.78 is 62.6. The molecule has 162 valence electrons. The monoisotopic (exact) mass is 432 g/mol. The molecule has 0 aliphatic carbocycles. The first-order chi connectivity index (χ1) is 15.0. The van der Waals surface area contributed by atoms with E-state index in [4.69, 9.17) is 18.6 Å². The van der Waals surface area contributed by atoms with Crippen LogP contribution in [0.15, 0.2) is 46.9 Å². The lowest BCUT2D eigenvalue weighted by molar-refractivity contribution is -0.137. The van der Waals surface area contributed by atoms with Crippen LogP contribution in [0.1, 0.15) is 29.9 Å². The summed E-state index contributed by atoms with van der Waals surface area (Å²) in [4.78, 5) is 0. The fraction of sp³-hybridized carbons (Fsp3) is 0.364. The van der Waals surface area contributed by atoms with Crippen molar-refractivity contribution >= 4 is 0 Å². The van der Waals surface area contributed by atoms with Crippen molar-refractivity contribution in [3.05, 3.63) is 59.5 Å². The van der Waals surface area contributed by atoms with Gasteiger partial charge in [-0.1, -0.05) is 18.2 Å². The summed E-state index contributed by atoms with van der Waals surface area (Å²) in [7, 11) is 0. The molecule has 5 rings (SSSR count). The highest BCUT2D eigenvalue weighted by atomic mass is 19.4. The van der Waals surface area contributed by atoms with E-state index in [1.807, 2.05) is 0 Å². The lowest BCUT2D eigenvalue weighted by Gasteiger charge is -2.34. The molecule has 0 amide bonds. The van der Waals surface area contributed by atoms with E-state index in [1.165, 1.54) is 12.1 Å². The van der Waals surface area contributed by atoms with Crippen LogP contribution in [0.2, 0.25) is 0 Å². The predicted octanol–water partition coefficient (Wildman–Crippen LogP) is 4.62. The number of hydrogen-bond donors (Lipinski definition) is 0. The molecule has 6 nitrogen and oxygen atoms in total. The van der Waals surface area contributed by atoms with Crippen molar-refractivity contribution < 1.29 is 31.8 Å². The maximum Gasteiger partial charge on any atom is 0.416 e. The number of ether oxygens (including phenoxy) is 3. The second-order valence-electron chi connectivity index (χ2n) is 7.54. The Kier molecular flexibility index (Phi) is 4.85. The highest BCUT2D eigenvalue weighted by Gasteiger charge is 2.43. The van der Waals surface area contributed by atoms with Gasteiger partial charge in [-0.15, -0.1) is 10.2 Å². The molecule has 3 aromatic rings. The Morgan fingerprint density at radius 1 is 0.839 bits per heavy atom. The topological polar surface area (TPSA) is 66.6 Å². The van der Waals surface area contributed by atoms with Gasteiger partial charge in [0.1, 0.15) is 13.2 Å². The largest absolute Gasteiger partial charge is 0.486 e. The summed E-state index contributed by atoms with van der Waals surface area (Å²) in [6.07, 6.45) is -3.55. The average Bonchev–Trinajstić information content (AvgIpc) is 3.30. The zero-order chi connectivity index (χ0) is 21.5. The number of halogens is 3. The van der Waals surface area contributed by atoms with E-state index >= 15 is 0 Å². The summed E-state index contributed by atoms with van der Waals surface area (Å²) >= 11 is 0. The smallest absolute Gasteiger partial charge is 0.416 e. The summed E-state index contributed by atoms with van der Waals surface area (Å²) in [5, 5.41) is 8.42. The molecule has 0 unspecified atom stereocenters. The Balaban J connectivity index is 1.55. The van der Waals surface area contributed by atoms with Crippen LogP contribution < -0.4 is 9.47 Å². The van der Waals surface area contributed by atoms with Crippen molar-refractivity contribution in [3.63, 3.8) is 0 Å². The molecule has 2 aliphatic rings. The minimum atomic E-state index is -4.44. The van der Waals surface area contributed by atoms with Crippen molar-refractivity contribution in [2.45, 2.75) is 24.4 Å². The second kappa shape index (κ2) is 7.56. The van der Waals surface area contributed by atoms with Gasteiger partial charge in [-0.2, -0.15) is 13.2 Å². The van der Waals surface area contributed by atoms with Crippen LogP contribution in [-0.2, 0) is 16.3 Å². The minimum absolute atomic E-state index is 0.268. The quantitative estimate of drug-likeness (QED) is 0.602. The van der Waals surface area contributed by atoms with Gasteiger partial charge in [-0.3, -0.25) is 0 Å². The molecule has 2 aromatic carbocycles. The van der Waals surface area contributed by atoms with E-state index in [1.54, 1.807) is 24.3 Å². The zero-order valence-electron chi connectivity index (χ0n) is 16.4. The standard InChI is InChI=1S/C22H19F3N2O4/c23-22(24,25)16-3-1-2-15(13-16)21(6-8-28-9-7-21)20-27-26-19(31-20)14-4-5-17-18(12-14)30-11-10-29-17/h1-5,12-13H,6-11H2. The molecule has 1 fully saturated rings. The van der Waals surface area contributed by atoms with E-state index in [-0.39, 0.29) is 11.8 Å². The van der Waals surface area contributed by atoms with Gasteiger partial charge in [0.2, 0.25) is 11.8 Å². The second-order valence-corrected chi connectivity index (χ2v) is 7.54. The summed E-state index contributed by atoms with van der Waals surface area (Å²) in [6, 6.07) is 10.6. The Bertz CT molecular complexity index is 1090. The number of fused-ring (bicyclic) bond motifs is 1. The fourth-order valence-electron chi connectivity index (χ4n) is 4.05. The Morgan fingerprint density at radius 2 is 1.61 bits per heavy atom. The molecule has 0 spiro atoms. The Labute approximate surface area is 175 Å². The normalized spacial score (nSPS) is 18.0. The molecule has 3 heterocycles.